The Hall–Kier alpha value is 1.20. The molecule has 0 fully saturated rings. The minimum atomic E-state index is -0.931. The second kappa shape index (κ2) is 10.2. The van der Waals surface area contributed by atoms with Gasteiger partial charge in [0.2, 0.25) is 0 Å². The van der Waals surface area contributed by atoms with Crippen LogP contribution in [-0.4, -0.2) is 0 Å². The van der Waals surface area contributed by atoms with E-state index in [1.165, 1.54) is 5.92 Å². The zero-order valence-electron chi connectivity index (χ0n) is 4.96. The van der Waals surface area contributed by atoms with E-state index in [-0.39, 0.29) is 0 Å². The van der Waals surface area contributed by atoms with Gasteiger partial charge in [0.1, 0.15) is 0 Å². The number of rotatable bonds is 0. The van der Waals surface area contributed by atoms with Gasteiger partial charge >= 0.3 is 34.5 Å². The van der Waals surface area contributed by atoms with Gasteiger partial charge in [-0.25, -0.2) is 0 Å². The third-order valence-corrected chi connectivity index (χ3v) is 0. The second-order valence-corrected chi connectivity index (χ2v) is 6.22. The Morgan fingerprint density at radius 3 is 1.14 bits per heavy atom. The molecule has 0 saturated carbocycles. The molecular formula is C4H9Cl2Zn. The van der Waals surface area contributed by atoms with E-state index in [1.807, 2.05) is 0 Å². The summed E-state index contributed by atoms with van der Waals surface area (Å²) in [5.41, 5.74) is 0. The zero-order chi connectivity index (χ0) is 6.28. The zero-order valence-corrected chi connectivity index (χ0v) is 9.44. The predicted molar refractivity (Wildman–Crippen MR) is 32.0 cm³/mol. The molecule has 0 bridgehead atoms. The molecule has 0 N–H and O–H groups in total. The summed E-state index contributed by atoms with van der Waals surface area (Å²) in [6.45, 7) is 6.25. The average Bonchev–Trinajstić information content (AvgIpc) is 1.33. The Morgan fingerprint density at radius 2 is 1.14 bits per heavy atom. The molecule has 0 saturated heterocycles. The molecule has 0 aliphatic carbocycles. The fourth-order valence-corrected chi connectivity index (χ4v) is 0. The summed E-state index contributed by atoms with van der Waals surface area (Å²) < 4.78 is 0. The topological polar surface area (TPSA) is 0 Å². The van der Waals surface area contributed by atoms with Crippen molar-refractivity contribution in [3.05, 3.63) is 5.92 Å². The van der Waals surface area contributed by atoms with E-state index in [0.717, 1.165) is 0 Å². The van der Waals surface area contributed by atoms with Crippen LogP contribution in [0.1, 0.15) is 20.8 Å². The first-order chi connectivity index (χ1) is 3.15. The first-order valence-corrected chi connectivity index (χ1v) is 9.83. The molecule has 0 aliphatic rings. The predicted octanol–water partition coefficient (Wildman–Crippen LogP) is 3.00. The summed E-state index contributed by atoms with van der Waals surface area (Å²) >= 11 is -0.931. The van der Waals surface area contributed by atoms with E-state index in [4.69, 9.17) is 19.4 Å². The molecule has 7 heavy (non-hydrogen) atoms. The van der Waals surface area contributed by atoms with Crippen LogP contribution in [0.4, 0.5) is 0 Å². The van der Waals surface area contributed by atoms with Gasteiger partial charge in [-0.3, -0.25) is 0 Å². The van der Waals surface area contributed by atoms with Gasteiger partial charge in [-0.05, 0) is 5.92 Å². The summed E-state index contributed by atoms with van der Waals surface area (Å²) in [6.07, 6.45) is 0. The summed E-state index contributed by atoms with van der Waals surface area (Å²) in [5.74, 6) is 1.42. The third-order valence-electron chi connectivity index (χ3n) is 0. The van der Waals surface area contributed by atoms with Crippen LogP contribution in [0.15, 0.2) is 0 Å². The van der Waals surface area contributed by atoms with Crippen molar-refractivity contribution >= 4 is 19.4 Å². The van der Waals surface area contributed by atoms with Gasteiger partial charge in [-0.15, -0.1) is 0 Å². The van der Waals surface area contributed by atoms with Crippen molar-refractivity contribution in [2.45, 2.75) is 20.8 Å². The molecule has 0 amide bonds. The van der Waals surface area contributed by atoms with E-state index >= 15 is 0 Å². The monoisotopic (exact) mass is 191 g/mol. The standard InChI is InChI=1S/C4H9.2ClH.Zn/c1-4(2)3;;;/h1-3H3;2*1H;/q;;;+2/p-2. The Labute approximate surface area is 61.3 Å². The average molecular weight is 193 g/mol. The summed E-state index contributed by atoms with van der Waals surface area (Å²) in [6, 6.07) is 0. The third kappa shape index (κ3) is 135. The molecule has 1 radical (unpaired) electrons. The molecule has 0 spiro atoms. The van der Waals surface area contributed by atoms with Crippen molar-refractivity contribution in [1.82, 2.24) is 0 Å². The molecule has 0 unspecified atom stereocenters. The molecular weight excluding hydrogens is 184 g/mol. The van der Waals surface area contributed by atoms with Crippen LogP contribution >= 0.6 is 19.4 Å². The van der Waals surface area contributed by atoms with Gasteiger partial charge in [0.25, 0.3) is 0 Å². The minimum absolute atomic E-state index is 0.931. The van der Waals surface area contributed by atoms with Crippen LogP contribution in [0.25, 0.3) is 0 Å². The van der Waals surface area contributed by atoms with E-state index in [1.54, 1.807) is 0 Å². The Kier molecular flexibility index (Phi) is 16.2. The Balaban J connectivity index is 0. The molecule has 0 aliphatic heterocycles. The molecule has 3 heteroatoms. The molecule has 0 aromatic rings. The van der Waals surface area contributed by atoms with Gasteiger partial charge in [-0.1, -0.05) is 20.8 Å². The van der Waals surface area contributed by atoms with E-state index in [2.05, 4.69) is 20.8 Å². The summed E-state index contributed by atoms with van der Waals surface area (Å²) in [7, 11) is 9.90. The SMILES string of the molecule is C[C](C)C.[Cl][Zn][Cl]. The summed E-state index contributed by atoms with van der Waals surface area (Å²) in [5, 5.41) is 0. The van der Waals surface area contributed by atoms with Crippen molar-refractivity contribution in [3.63, 3.8) is 0 Å². The van der Waals surface area contributed by atoms with Crippen molar-refractivity contribution in [3.8, 4) is 0 Å². The van der Waals surface area contributed by atoms with Gasteiger partial charge in [-0.2, -0.15) is 0 Å². The fourth-order valence-electron chi connectivity index (χ4n) is 0. The van der Waals surface area contributed by atoms with Crippen molar-refractivity contribution in [2.75, 3.05) is 0 Å². The van der Waals surface area contributed by atoms with Crippen LogP contribution in [0.2, 0.25) is 0 Å². The Bertz CT molecular complexity index is 20.9. The molecule has 0 heterocycles. The second-order valence-electron chi connectivity index (χ2n) is 1.60. The molecule has 0 atom stereocenters. The quantitative estimate of drug-likeness (QED) is 0.519. The van der Waals surface area contributed by atoms with Crippen LogP contribution < -0.4 is 0 Å². The fraction of sp³-hybridized carbons (Fsp3) is 0.750. The summed E-state index contributed by atoms with van der Waals surface area (Å²) in [4.78, 5) is 0. The van der Waals surface area contributed by atoms with Gasteiger partial charge in [0.05, 0.1) is 0 Å². The molecule has 0 aromatic heterocycles. The van der Waals surface area contributed by atoms with Gasteiger partial charge in [0, 0.05) is 0 Å². The molecule has 0 rings (SSSR count). The van der Waals surface area contributed by atoms with Gasteiger partial charge in [0.15, 0.2) is 0 Å². The number of hydrogen-bond acceptors (Lipinski definition) is 0. The van der Waals surface area contributed by atoms with Crippen molar-refractivity contribution < 1.29 is 15.1 Å². The Morgan fingerprint density at radius 1 is 1.14 bits per heavy atom. The maximum absolute atomic E-state index is 4.95. The van der Waals surface area contributed by atoms with Crippen LogP contribution in [0.5, 0.6) is 0 Å². The molecule has 41 valence electrons. The van der Waals surface area contributed by atoms with Crippen molar-refractivity contribution in [2.24, 2.45) is 0 Å². The first-order valence-electron chi connectivity index (χ1n) is 2.03. The normalized spacial score (nSPS) is 6.57. The molecule has 0 aromatic carbocycles. The maximum atomic E-state index is 4.95. The number of hydrogen-bond donors (Lipinski definition) is 0. The van der Waals surface area contributed by atoms with E-state index in [0.29, 0.717) is 0 Å². The van der Waals surface area contributed by atoms with Crippen LogP contribution in [-0.2, 0) is 15.1 Å². The first kappa shape index (κ1) is 11.1. The van der Waals surface area contributed by atoms with E-state index < -0.39 is 15.1 Å². The van der Waals surface area contributed by atoms with Crippen LogP contribution in [0, 0.1) is 5.92 Å². The number of halogens is 2. The van der Waals surface area contributed by atoms with E-state index in [9.17, 15) is 0 Å². The van der Waals surface area contributed by atoms with Crippen molar-refractivity contribution in [1.29, 1.82) is 0 Å². The molecule has 0 nitrogen and oxygen atoms in total. The van der Waals surface area contributed by atoms with Crippen LogP contribution in [0.3, 0.4) is 0 Å². The van der Waals surface area contributed by atoms with Gasteiger partial charge < -0.3 is 0 Å².